The molecule has 0 bridgehead atoms. The third-order valence-electron chi connectivity index (χ3n) is 1.37. The van der Waals surface area contributed by atoms with Crippen molar-refractivity contribution in [3.05, 3.63) is 12.5 Å². The number of carbonyl (C=O) groups excluding carboxylic acids is 1. The Labute approximate surface area is 77.3 Å². The third kappa shape index (κ3) is 3.73. The first-order valence-electron chi connectivity index (χ1n) is 4.17. The Morgan fingerprint density at radius 3 is 2.77 bits per heavy atom. The summed E-state index contributed by atoms with van der Waals surface area (Å²) in [4.78, 5) is 15.1. The normalized spacial score (nSPS) is 11.3. The van der Waals surface area contributed by atoms with Crippen molar-refractivity contribution in [2.75, 3.05) is 5.32 Å². The summed E-state index contributed by atoms with van der Waals surface area (Å²) in [5, 5.41) is 2.56. The molecule has 0 saturated heterocycles. The van der Waals surface area contributed by atoms with Crippen molar-refractivity contribution in [3.63, 3.8) is 0 Å². The predicted molar refractivity (Wildman–Crippen MR) is 49.2 cm³/mol. The molecule has 1 rings (SSSR count). The summed E-state index contributed by atoms with van der Waals surface area (Å²) in [7, 11) is 0. The second kappa shape index (κ2) is 3.60. The van der Waals surface area contributed by atoms with Crippen molar-refractivity contribution < 1.29 is 9.21 Å². The molecule has 0 fully saturated rings. The summed E-state index contributed by atoms with van der Waals surface area (Å²) in [5.41, 5.74) is -0.0172. The van der Waals surface area contributed by atoms with Crippen LogP contribution >= 0.6 is 0 Å². The number of nitrogens with one attached hydrogen (secondary N) is 1. The largest absolute Gasteiger partial charge is 0.432 e. The van der Waals surface area contributed by atoms with E-state index >= 15 is 0 Å². The smallest absolute Gasteiger partial charge is 0.301 e. The van der Waals surface area contributed by atoms with E-state index in [2.05, 4.69) is 10.3 Å². The highest BCUT2D eigenvalue weighted by molar-refractivity contribution is 5.88. The predicted octanol–water partition coefficient (Wildman–Crippen LogP) is 2.05. The highest BCUT2D eigenvalue weighted by atomic mass is 16.4. The van der Waals surface area contributed by atoms with Gasteiger partial charge in [-0.25, -0.2) is 4.98 Å². The molecule has 1 amide bonds. The number of hydrogen-bond donors (Lipinski definition) is 1. The Hall–Kier alpha value is -1.32. The summed E-state index contributed by atoms with van der Waals surface area (Å²) in [6, 6.07) is 0.259. The maximum absolute atomic E-state index is 11.3. The Bertz CT molecular complexity index is 272. The minimum Gasteiger partial charge on any atom is -0.432 e. The second-order valence-corrected chi connectivity index (χ2v) is 4.12. The average Bonchev–Trinajstić information content (AvgIpc) is 2.34. The van der Waals surface area contributed by atoms with E-state index in [-0.39, 0.29) is 17.3 Å². The van der Waals surface area contributed by atoms with Crippen LogP contribution in [0.4, 0.5) is 6.01 Å². The molecule has 1 aromatic heterocycles. The number of rotatable bonds is 2. The molecule has 0 aliphatic heterocycles. The van der Waals surface area contributed by atoms with Gasteiger partial charge in [0.05, 0.1) is 6.20 Å². The number of aromatic nitrogens is 1. The fraction of sp³-hybridized carbons (Fsp3) is 0.556. The zero-order valence-corrected chi connectivity index (χ0v) is 8.13. The van der Waals surface area contributed by atoms with E-state index in [1.54, 1.807) is 0 Å². The van der Waals surface area contributed by atoms with Crippen LogP contribution < -0.4 is 5.32 Å². The number of nitrogens with zero attached hydrogens (tertiary/aromatic N) is 1. The van der Waals surface area contributed by atoms with Gasteiger partial charge in [0.1, 0.15) is 6.26 Å². The second-order valence-electron chi connectivity index (χ2n) is 4.12. The molecule has 1 heterocycles. The fourth-order valence-corrected chi connectivity index (χ4v) is 0.930. The molecule has 0 aromatic carbocycles. The van der Waals surface area contributed by atoms with Gasteiger partial charge in [0.15, 0.2) is 0 Å². The van der Waals surface area contributed by atoms with Crippen molar-refractivity contribution in [3.8, 4) is 0 Å². The average molecular weight is 182 g/mol. The van der Waals surface area contributed by atoms with E-state index < -0.39 is 0 Å². The molecule has 0 aliphatic rings. The lowest BCUT2D eigenvalue weighted by molar-refractivity contribution is -0.117. The van der Waals surface area contributed by atoms with Crippen LogP contribution in [-0.4, -0.2) is 10.9 Å². The van der Waals surface area contributed by atoms with Crippen LogP contribution in [-0.2, 0) is 4.79 Å². The maximum Gasteiger partial charge on any atom is 0.301 e. The van der Waals surface area contributed by atoms with Gasteiger partial charge in [-0.2, -0.15) is 0 Å². The van der Waals surface area contributed by atoms with Crippen LogP contribution in [0.25, 0.3) is 0 Å². The molecule has 0 aliphatic carbocycles. The summed E-state index contributed by atoms with van der Waals surface area (Å²) in [5.74, 6) is -0.0741. The van der Waals surface area contributed by atoms with Crippen molar-refractivity contribution >= 4 is 11.9 Å². The first-order valence-corrected chi connectivity index (χ1v) is 4.17. The van der Waals surface area contributed by atoms with E-state index in [1.165, 1.54) is 12.5 Å². The first-order chi connectivity index (χ1) is 5.97. The van der Waals surface area contributed by atoms with Crippen molar-refractivity contribution in [1.82, 2.24) is 4.98 Å². The number of anilines is 1. The molecule has 0 saturated carbocycles. The van der Waals surface area contributed by atoms with E-state index in [9.17, 15) is 4.79 Å². The molecule has 4 nitrogen and oxygen atoms in total. The highest BCUT2D eigenvalue weighted by Crippen LogP contribution is 2.18. The molecule has 4 heteroatoms. The molecular formula is C9H14N2O2. The maximum atomic E-state index is 11.3. The van der Waals surface area contributed by atoms with Gasteiger partial charge in [0, 0.05) is 6.42 Å². The van der Waals surface area contributed by atoms with Gasteiger partial charge in [-0.1, -0.05) is 20.8 Å². The van der Waals surface area contributed by atoms with Crippen LogP contribution in [0.2, 0.25) is 0 Å². The number of carbonyl (C=O) groups is 1. The lowest BCUT2D eigenvalue weighted by Gasteiger charge is -2.16. The standard InChI is InChI=1S/C9H14N2O2/c1-9(2,3)6-7(12)11-8-10-4-5-13-8/h4-5H,6H2,1-3H3,(H,10,11,12). The lowest BCUT2D eigenvalue weighted by Crippen LogP contribution is -2.19. The third-order valence-corrected chi connectivity index (χ3v) is 1.37. The number of hydrogen-bond acceptors (Lipinski definition) is 3. The lowest BCUT2D eigenvalue weighted by atomic mass is 9.92. The van der Waals surface area contributed by atoms with E-state index in [4.69, 9.17) is 4.42 Å². The Balaban J connectivity index is 2.43. The zero-order chi connectivity index (χ0) is 9.90. The fourth-order valence-electron chi connectivity index (χ4n) is 0.930. The van der Waals surface area contributed by atoms with Crippen LogP contribution in [0, 0.1) is 5.41 Å². The molecule has 0 radical (unpaired) electrons. The molecule has 72 valence electrons. The Morgan fingerprint density at radius 1 is 1.62 bits per heavy atom. The quantitative estimate of drug-likeness (QED) is 0.761. The van der Waals surface area contributed by atoms with Gasteiger partial charge in [-0.05, 0) is 5.41 Å². The minimum absolute atomic E-state index is 0.0172. The summed E-state index contributed by atoms with van der Waals surface area (Å²) >= 11 is 0. The van der Waals surface area contributed by atoms with Crippen LogP contribution in [0.5, 0.6) is 0 Å². The van der Waals surface area contributed by atoms with Crippen molar-refractivity contribution in [2.24, 2.45) is 5.41 Å². The summed E-state index contributed by atoms with van der Waals surface area (Å²) in [6.45, 7) is 6.01. The molecule has 1 N–H and O–H groups in total. The topological polar surface area (TPSA) is 55.1 Å². The number of oxazole rings is 1. The van der Waals surface area contributed by atoms with E-state index in [1.807, 2.05) is 20.8 Å². The Kier molecular flexibility index (Phi) is 2.70. The monoisotopic (exact) mass is 182 g/mol. The van der Waals surface area contributed by atoms with Crippen molar-refractivity contribution in [1.29, 1.82) is 0 Å². The molecule has 13 heavy (non-hydrogen) atoms. The molecule has 0 unspecified atom stereocenters. The van der Waals surface area contributed by atoms with Crippen LogP contribution in [0.3, 0.4) is 0 Å². The first kappa shape index (κ1) is 9.77. The van der Waals surface area contributed by atoms with Crippen molar-refractivity contribution in [2.45, 2.75) is 27.2 Å². The summed E-state index contributed by atoms with van der Waals surface area (Å²) in [6.07, 6.45) is 3.37. The Morgan fingerprint density at radius 2 is 2.31 bits per heavy atom. The number of amides is 1. The minimum atomic E-state index is -0.0741. The molecule has 0 atom stereocenters. The zero-order valence-electron chi connectivity index (χ0n) is 8.13. The van der Waals surface area contributed by atoms with Gasteiger partial charge in [-0.3, -0.25) is 10.1 Å². The van der Waals surface area contributed by atoms with Crippen LogP contribution in [0.15, 0.2) is 16.9 Å². The molecule has 0 spiro atoms. The van der Waals surface area contributed by atoms with Gasteiger partial charge in [0.2, 0.25) is 5.91 Å². The molecule has 1 aromatic rings. The molecular weight excluding hydrogens is 168 g/mol. The highest BCUT2D eigenvalue weighted by Gasteiger charge is 2.16. The summed E-state index contributed by atoms with van der Waals surface area (Å²) < 4.78 is 4.88. The van der Waals surface area contributed by atoms with E-state index in [0.29, 0.717) is 6.42 Å². The van der Waals surface area contributed by atoms with Gasteiger partial charge in [0.25, 0.3) is 0 Å². The van der Waals surface area contributed by atoms with Gasteiger partial charge >= 0.3 is 6.01 Å². The van der Waals surface area contributed by atoms with Gasteiger partial charge < -0.3 is 4.42 Å². The van der Waals surface area contributed by atoms with Crippen LogP contribution in [0.1, 0.15) is 27.2 Å². The van der Waals surface area contributed by atoms with E-state index in [0.717, 1.165) is 0 Å². The SMILES string of the molecule is CC(C)(C)CC(=O)Nc1ncco1. The van der Waals surface area contributed by atoms with Gasteiger partial charge in [-0.15, -0.1) is 0 Å².